The first-order valence-corrected chi connectivity index (χ1v) is 5.90. The largest absolute Gasteiger partial charge is 0.481 e. The van der Waals surface area contributed by atoms with Gasteiger partial charge in [0.05, 0.1) is 0 Å². The molecule has 0 fully saturated rings. The van der Waals surface area contributed by atoms with Crippen LogP contribution in [-0.4, -0.2) is 17.3 Å². The lowest BCUT2D eigenvalue weighted by atomic mass is 10.1. The van der Waals surface area contributed by atoms with E-state index in [0.29, 0.717) is 18.4 Å². The Balaban J connectivity index is 2.70. The standard InChI is InChI=1S/C11H13FO2S/c1-15-10-6-3-5-9(12)8(10)4-2-7-11(13)14/h3,5-6H,2,4,7H2,1H3,(H,13,14). The summed E-state index contributed by atoms with van der Waals surface area (Å²) < 4.78 is 13.4. The van der Waals surface area contributed by atoms with E-state index in [4.69, 9.17) is 5.11 Å². The van der Waals surface area contributed by atoms with Crippen LogP contribution < -0.4 is 0 Å². The molecular formula is C11H13FO2S. The zero-order valence-corrected chi connectivity index (χ0v) is 9.31. The lowest BCUT2D eigenvalue weighted by molar-refractivity contribution is -0.137. The van der Waals surface area contributed by atoms with Crippen molar-refractivity contribution in [1.82, 2.24) is 0 Å². The Morgan fingerprint density at radius 2 is 2.27 bits per heavy atom. The fraction of sp³-hybridized carbons (Fsp3) is 0.364. The maximum absolute atomic E-state index is 13.4. The Morgan fingerprint density at radius 3 is 2.87 bits per heavy atom. The number of halogens is 1. The van der Waals surface area contributed by atoms with Crippen molar-refractivity contribution in [3.05, 3.63) is 29.6 Å². The van der Waals surface area contributed by atoms with E-state index in [9.17, 15) is 9.18 Å². The lowest BCUT2D eigenvalue weighted by Crippen LogP contribution is -1.98. The first kappa shape index (κ1) is 12.0. The molecule has 2 nitrogen and oxygen atoms in total. The SMILES string of the molecule is CSc1cccc(F)c1CCCC(=O)O. The molecule has 82 valence electrons. The molecule has 1 aromatic carbocycles. The van der Waals surface area contributed by atoms with Crippen LogP contribution in [0.2, 0.25) is 0 Å². The van der Waals surface area contributed by atoms with Gasteiger partial charge >= 0.3 is 5.97 Å². The van der Waals surface area contributed by atoms with E-state index < -0.39 is 5.97 Å². The molecule has 1 rings (SSSR count). The van der Waals surface area contributed by atoms with Gasteiger partial charge in [0.1, 0.15) is 5.82 Å². The minimum absolute atomic E-state index is 0.0855. The van der Waals surface area contributed by atoms with Crippen molar-refractivity contribution < 1.29 is 14.3 Å². The molecule has 0 aliphatic carbocycles. The summed E-state index contributed by atoms with van der Waals surface area (Å²) in [5.74, 6) is -1.08. The van der Waals surface area contributed by atoms with Gasteiger partial charge in [0.15, 0.2) is 0 Å². The Morgan fingerprint density at radius 1 is 1.53 bits per heavy atom. The molecule has 0 heterocycles. The number of carbonyl (C=O) groups is 1. The van der Waals surface area contributed by atoms with Crippen molar-refractivity contribution in [3.8, 4) is 0 Å². The van der Waals surface area contributed by atoms with Gasteiger partial charge in [0, 0.05) is 16.9 Å². The number of thioether (sulfide) groups is 1. The highest BCUT2D eigenvalue weighted by Crippen LogP contribution is 2.24. The maximum atomic E-state index is 13.4. The topological polar surface area (TPSA) is 37.3 Å². The number of carboxylic acids is 1. The monoisotopic (exact) mass is 228 g/mol. The highest BCUT2D eigenvalue weighted by Gasteiger charge is 2.08. The van der Waals surface area contributed by atoms with Crippen LogP contribution in [0.5, 0.6) is 0 Å². The van der Waals surface area contributed by atoms with Crippen molar-refractivity contribution in [3.63, 3.8) is 0 Å². The van der Waals surface area contributed by atoms with Crippen molar-refractivity contribution >= 4 is 17.7 Å². The van der Waals surface area contributed by atoms with E-state index in [2.05, 4.69) is 0 Å². The summed E-state index contributed by atoms with van der Waals surface area (Å²) in [4.78, 5) is 11.2. The van der Waals surface area contributed by atoms with Crippen LogP contribution in [0.1, 0.15) is 18.4 Å². The summed E-state index contributed by atoms with van der Waals surface area (Å²) in [6.45, 7) is 0. The van der Waals surface area contributed by atoms with Crippen molar-refractivity contribution in [2.45, 2.75) is 24.2 Å². The molecule has 0 amide bonds. The molecular weight excluding hydrogens is 215 g/mol. The summed E-state index contributed by atoms with van der Waals surface area (Å²) >= 11 is 1.48. The third-order valence-electron chi connectivity index (χ3n) is 2.11. The van der Waals surface area contributed by atoms with Crippen LogP contribution in [0.15, 0.2) is 23.1 Å². The molecule has 0 saturated heterocycles. The second-order valence-corrected chi connectivity index (χ2v) is 4.02. The third-order valence-corrected chi connectivity index (χ3v) is 2.94. The van der Waals surface area contributed by atoms with E-state index in [1.807, 2.05) is 12.3 Å². The van der Waals surface area contributed by atoms with Crippen LogP contribution >= 0.6 is 11.8 Å². The van der Waals surface area contributed by atoms with Crippen molar-refractivity contribution in [2.24, 2.45) is 0 Å². The average molecular weight is 228 g/mol. The van der Waals surface area contributed by atoms with Gasteiger partial charge in [-0.15, -0.1) is 11.8 Å². The maximum Gasteiger partial charge on any atom is 0.303 e. The average Bonchev–Trinajstić information content (AvgIpc) is 2.20. The molecule has 1 aromatic rings. The van der Waals surface area contributed by atoms with Gasteiger partial charge in [0.2, 0.25) is 0 Å². The summed E-state index contributed by atoms with van der Waals surface area (Å²) in [5, 5.41) is 8.49. The first-order valence-electron chi connectivity index (χ1n) is 4.68. The van der Waals surface area contributed by atoms with Gasteiger partial charge in [-0.2, -0.15) is 0 Å². The van der Waals surface area contributed by atoms with Gasteiger partial charge < -0.3 is 5.11 Å². The van der Waals surface area contributed by atoms with Crippen LogP contribution in [0, 0.1) is 5.82 Å². The number of rotatable bonds is 5. The Hall–Kier alpha value is -1.03. The smallest absolute Gasteiger partial charge is 0.303 e. The highest BCUT2D eigenvalue weighted by atomic mass is 32.2. The van der Waals surface area contributed by atoms with Gasteiger partial charge in [-0.1, -0.05) is 6.07 Å². The van der Waals surface area contributed by atoms with E-state index >= 15 is 0 Å². The van der Waals surface area contributed by atoms with E-state index in [-0.39, 0.29) is 12.2 Å². The van der Waals surface area contributed by atoms with Crippen LogP contribution in [0.25, 0.3) is 0 Å². The van der Waals surface area contributed by atoms with Gasteiger partial charge in [0.25, 0.3) is 0 Å². The summed E-state index contributed by atoms with van der Waals surface area (Å²) in [5.41, 5.74) is 0.631. The Bertz CT molecular complexity index is 352. The first-order chi connectivity index (χ1) is 7.15. The normalized spacial score (nSPS) is 10.3. The summed E-state index contributed by atoms with van der Waals surface area (Å²) in [7, 11) is 0. The second-order valence-electron chi connectivity index (χ2n) is 3.17. The molecule has 0 aliphatic rings. The molecule has 0 unspecified atom stereocenters. The van der Waals surface area contributed by atoms with Gasteiger partial charge in [-0.25, -0.2) is 4.39 Å². The second kappa shape index (κ2) is 5.75. The van der Waals surface area contributed by atoms with Crippen LogP contribution in [0.4, 0.5) is 4.39 Å². The molecule has 15 heavy (non-hydrogen) atoms. The lowest BCUT2D eigenvalue weighted by Gasteiger charge is -2.07. The number of benzene rings is 1. The number of carboxylic acid groups (broad SMARTS) is 1. The molecule has 0 atom stereocenters. The quantitative estimate of drug-likeness (QED) is 0.787. The predicted molar refractivity (Wildman–Crippen MR) is 58.8 cm³/mol. The minimum Gasteiger partial charge on any atom is -0.481 e. The summed E-state index contributed by atoms with van der Waals surface area (Å²) in [6, 6.07) is 4.93. The molecule has 1 N–H and O–H groups in total. The van der Waals surface area contributed by atoms with Gasteiger partial charge in [-0.3, -0.25) is 4.79 Å². The van der Waals surface area contributed by atoms with Crippen LogP contribution in [0.3, 0.4) is 0 Å². The highest BCUT2D eigenvalue weighted by molar-refractivity contribution is 7.98. The molecule has 0 spiro atoms. The number of hydrogen-bond donors (Lipinski definition) is 1. The zero-order chi connectivity index (χ0) is 11.3. The van der Waals surface area contributed by atoms with Crippen LogP contribution in [-0.2, 0) is 11.2 Å². The minimum atomic E-state index is -0.836. The number of hydrogen-bond acceptors (Lipinski definition) is 2. The van der Waals surface area contributed by atoms with E-state index in [1.54, 1.807) is 6.07 Å². The Labute approximate surface area is 92.5 Å². The van der Waals surface area contributed by atoms with E-state index in [1.165, 1.54) is 17.8 Å². The van der Waals surface area contributed by atoms with E-state index in [0.717, 1.165) is 4.90 Å². The zero-order valence-electron chi connectivity index (χ0n) is 8.50. The Kier molecular flexibility index (Phi) is 4.62. The predicted octanol–water partition coefficient (Wildman–Crippen LogP) is 2.95. The number of aliphatic carboxylic acids is 1. The molecule has 0 radical (unpaired) electrons. The summed E-state index contributed by atoms with van der Waals surface area (Å²) in [6.07, 6.45) is 2.93. The molecule has 0 aliphatic heterocycles. The molecule has 0 bridgehead atoms. The van der Waals surface area contributed by atoms with Gasteiger partial charge in [-0.05, 0) is 31.2 Å². The van der Waals surface area contributed by atoms with Crippen molar-refractivity contribution in [1.29, 1.82) is 0 Å². The fourth-order valence-corrected chi connectivity index (χ4v) is 2.05. The molecule has 0 saturated carbocycles. The fourth-order valence-electron chi connectivity index (χ4n) is 1.39. The van der Waals surface area contributed by atoms with Crippen molar-refractivity contribution in [2.75, 3.05) is 6.26 Å². The molecule has 4 heteroatoms. The third kappa shape index (κ3) is 3.55. The molecule has 0 aromatic heterocycles.